The van der Waals surface area contributed by atoms with Gasteiger partial charge in [-0.05, 0) is 44.7 Å². The molecule has 2 aliphatic rings. The van der Waals surface area contributed by atoms with Crippen LogP contribution in [0.25, 0.3) is 0 Å². The lowest BCUT2D eigenvalue weighted by Gasteiger charge is -2.41. The molecule has 118 valence electrons. The lowest BCUT2D eigenvalue weighted by Crippen LogP contribution is -2.54. The Bertz CT molecular complexity index is 264. The number of ether oxygens (including phenoxy) is 1. The van der Waals surface area contributed by atoms with E-state index in [-0.39, 0.29) is 0 Å². The minimum Gasteiger partial charge on any atom is -0.374 e. The van der Waals surface area contributed by atoms with Gasteiger partial charge in [-0.25, -0.2) is 0 Å². The van der Waals surface area contributed by atoms with Crippen molar-refractivity contribution in [2.24, 2.45) is 11.8 Å². The summed E-state index contributed by atoms with van der Waals surface area (Å²) in [5.41, 5.74) is 0. The molecule has 1 aliphatic heterocycles. The molecule has 20 heavy (non-hydrogen) atoms. The molecule has 1 saturated carbocycles. The van der Waals surface area contributed by atoms with Gasteiger partial charge >= 0.3 is 0 Å². The SMILES string of the molecule is CCCNC(C1CCC(CC)CC1)C1CN(C)CCO1. The summed E-state index contributed by atoms with van der Waals surface area (Å²) in [7, 11) is 2.22. The zero-order valence-electron chi connectivity index (χ0n) is 13.7. The first kappa shape index (κ1) is 16.3. The van der Waals surface area contributed by atoms with Crippen LogP contribution in [-0.2, 0) is 4.74 Å². The van der Waals surface area contributed by atoms with Crippen molar-refractivity contribution in [3.63, 3.8) is 0 Å². The normalized spacial score (nSPS) is 34.0. The van der Waals surface area contributed by atoms with Crippen molar-refractivity contribution >= 4 is 0 Å². The fourth-order valence-corrected chi connectivity index (χ4v) is 3.90. The van der Waals surface area contributed by atoms with Crippen molar-refractivity contribution in [1.29, 1.82) is 0 Å². The van der Waals surface area contributed by atoms with Crippen molar-refractivity contribution in [3.05, 3.63) is 0 Å². The van der Waals surface area contributed by atoms with Gasteiger partial charge in [-0.3, -0.25) is 0 Å². The first-order valence-corrected chi connectivity index (χ1v) is 8.78. The summed E-state index contributed by atoms with van der Waals surface area (Å²) in [5, 5.41) is 3.81. The molecule has 0 bridgehead atoms. The van der Waals surface area contributed by atoms with Gasteiger partial charge < -0.3 is 15.0 Å². The number of nitrogens with one attached hydrogen (secondary N) is 1. The van der Waals surface area contributed by atoms with E-state index in [0.29, 0.717) is 12.1 Å². The van der Waals surface area contributed by atoms with Crippen LogP contribution in [0.3, 0.4) is 0 Å². The van der Waals surface area contributed by atoms with Gasteiger partial charge in [0.1, 0.15) is 0 Å². The summed E-state index contributed by atoms with van der Waals surface area (Å²) in [6.45, 7) is 8.80. The Morgan fingerprint density at radius 1 is 1.20 bits per heavy atom. The molecule has 0 aromatic rings. The lowest BCUT2D eigenvalue weighted by molar-refractivity contribution is -0.0535. The molecule has 0 aromatic heterocycles. The van der Waals surface area contributed by atoms with E-state index < -0.39 is 0 Å². The fourth-order valence-electron chi connectivity index (χ4n) is 3.90. The topological polar surface area (TPSA) is 24.5 Å². The summed E-state index contributed by atoms with van der Waals surface area (Å²) < 4.78 is 6.11. The number of hydrogen-bond acceptors (Lipinski definition) is 3. The number of likely N-dealkylation sites (N-methyl/N-ethyl adjacent to an activating group) is 1. The third-order valence-electron chi connectivity index (χ3n) is 5.30. The van der Waals surface area contributed by atoms with Gasteiger partial charge in [0.2, 0.25) is 0 Å². The summed E-state index contributed by atoms with van der Waals surface area (Å²) in [4.78, 5) is 2.42. The van der Waals surface area contributed by atoms with Gasteiger partial charge in [0.15, 0.2) is 0 Å². The summed E-state index contributed by atoms with van der Waals surface area (Å²) in [6, 6.07) is 0.565. The molecular formula is C17H34N2O. The van der Waals surface area contributed by atoms with Gasteiger partial charge in [-0.15, -0.1) is 0 Å². The molecule has 0 aromatic carbocycles. The molecule has 3 heteroatoms. The highest BCUT2D eigenvalue weighted by atomic mass is 16.5. The molecule has 1 saturated heterocycles. The van der Waals surface area contributed by atoms with Crippen LogP contribution in [0, 0.1) is 11.8 Å². The van der Waals surface area contributed by atoms with E-state index in [4.69, 9.17) is 4.74 Å². The number of nitrogens with zero attached hydrogens (tertiary/aromatic N) is 1. The lowest BCUT2D eigenvalue weighted by atomic mass is 9.76. The quantitative estimate of drug-likeness (QED) is 0.811. The molecule has 1 heterocycles. The third-order valence-corrected chi connectivity index (χ3v) is 5.30. The van der Waals surface area contributed by atoms with E-state index in [0.717, 1.165) is 38.1 Å². The van der Waals surface area contributed by atoms with Gasteiger partial charge in [-0.2, -0.15) is 0 Å². The van der Waals surface area contributed by atoms with Crippen LogP contribution in [0.5, 0.6) is 0 Å². The molecule has 2 unspecified atom stereocenters. The highest BCUT2D eigenvalue weighted by molar-refractivity contribution is 4.89. The zero-order chi connectivity index (χ0) is 14.4. The van der Waals surface area contributed by atoms with Gasteiger partial charge in [0.05, 0.1) is 12.7 Å². The minimum absolute atomic E-state index is 0.392. The Labute approximate surface area is 125 Å². The Morgan fingerprint density at radius 3 is 2.55 bits per heavy atom. The van der Waals surface area contributed by atoms with Gasteiger partial charge in [0, 0.05) is 19.1 Å². The van der Waals surface area contributed by atoms with E-state index in [1.807, 2.05) is 0 Å². The Hall–Kier alpha value is -0.120. The van der Waals surface area contributed by atoms with Crippen LogP contribution in [0.15, 0.2) is 0 Å². The molecule has 2 atom stereocenters. The maximum absolute atomic E-state index is 6.11. The second-order valence-corrected chi connectivity index (χ2v) is 6.84. The third kappa shape index (κ3) is 4.44. The van der Waals surface area contributed by atoms with Crippen LogP contribution >= 0.6 is 0 Å². The standard InChI is InChI=1S/C17H34N2O/c1-4-10-18-17(16-13-19(3)11-12-20-16)15-8-6-14(5-2)7-9-15/h14-18H,4-13H2,1-3H3. The predicted octanol–water partition coefficient (Wildman–Crippen LogP) is 2.90. The van der Waals surface area contributed by atoms with Crippen LogP contribution < -0.4 is 5.32 Å². The molecule has 2 fully saturated rings. The summed E-state index contributed by atoms with van der Waals surface area (Å²) in [5.74, 6) is 1.80. The van der Waals surface area contributed by atoms with Crippen molar-refractivity contribution < 1.29 is 4.74 Å². The maximum atomic E-state index is 6.11. The molecule has 0 radical (unpaired) electrons. The van der Waals surface area contributed by atoms with E-state index in [1.165, 1.54) is 38.5 Å². The van der Waals surface area contributed by atoms with E-state index in [1.54, 1.807) is 0 Å². The average molecular weight is 282 g/mol. The van der Waals surface area contributed by atoms with E-state index in [9.17, 15) is 0 Å². The second kappa shape index (κ2) is 8.35. The minimum atomic E-state index is 0.392. The zero-order valence-corrected chi connectivity index (χ0v) is 13.7. The number of morpholine rings is 1. The number of rotatable bonds is 6. The van der Waals surface area contributed by atoms with Crippen LogP contribution in [0.2, 0.25) is 0 Å². The Morgan fingerprint density at radius 2 is 1.95 bits per heavy atom. The monoisotopic (exact) mass is 282 g/mol. The first-order valence-electron chi connectivity index (χ1n) is 8.78. The summed E-state index contributed by atoms with van der Waals surface area (Å²) in [6.07, 6.45) is 8.60. The molecule has 1 N–H and O–H groups in total. The molecular weight excluding hydrogens is 248 g/mol. The van der Waals surface area contributed by atoms with Crippen molar-refractivity contribution in [1.82, 2.24) is 10.2 Å². The molecule has 0 spiro atoms. The second-order valence-electron chi connectivity index (χ2n) is 6.84. The predicted molar refractivity (Wildman–Crippen MR) is 85.1 cm³/mol. The summed E-state index contributed by atoms with van der Waals surface area (Å²) >= 11 is 0. The number of hydrogen-bond donors (Lipinski definition) is 1. The van der Waals surface area contributed by atoms with Crippen molar-refractivity contribution in [2.45, 2.75) is 64.5 Å². The van der Waals surface area contributed by atoms with Crippen LogP contribution in [0.1, 0.15) is 52.4 Å². The molecule has 0 amide bonds. The van der Waals surface area contributed by atoms with Gasteiger partial charge in [-0.1, -0.05) is 33.1 Å². The Balaban J connectivity index is 1.92. The van der Waals surface area contributed by atoms with E-state index in [2.05, 4.69) is 31.1 Å². The largest absolute Gasteiger partial charge is 0.374 e. The highest BCUT2D eigenvalue weighted by Gasteiger charge is 2.34. The van der Waals surface area contributed by atoms with Gasteiger partial charge in [0.25, 0.3) is 0 Å². The smallest absolute Gasteiger partial charge is 0.0857 e. The maximum Gasteiger partial charge on any atom is 0.0857 e. The average Bonchev–Trinajstić information content (AvgIpc) is 2.48. The fraction of sp³-hybridized carbons (Fsp3) is 1.00. The molecule has 2 rings (SSSR count). The van der Waals surface area contributed by atoms with E-state index >= 15 is 0 Å². The molecule has 3 nitrogen and oxygen atoms in total. The Kier molecular flexibility index (Phi) is 6.79. The van der Waals surface area contributed by atoms with Crippen LogP contribution in [-0.4, -0.2) is 50.3 Å². The van der Waals surface area contributed by atoms with Crippen molar-refractivity contribution in [2.75, 3.05) is 33.3 Å². The molecule has 1 aliphatic carbocycles. The first-order chi connectivity index (χ1) is 9.74. The van der Waals surface area contributed by atoms with Crippen molar-refractivity contribution in [3.8, 4) is 0 Å². The highest BCUT2D eigenvalue weighted by Crippen LogP contribution is 2.34. The van der Waals surface area contributed by atoms with Crippen LogP contribution in [0.4, 0.5) is 0 Å².